The lowest BCUT2D eigenvalue weighted by Crippen LogP contribution is -2.10. The largest absolute Gasteiger partial charge is 0.462 e. The van der Waals surface area contributed by atoms with E-state index in [4.69, 9.17) is 4.74 Å². The van der Waals surface area contributed by atoms with Crippen LogP contribution in [0.1, 0.15) is 30.0 Å². The van der Waals surface area contributed by atoms with E-state index >= 15 is 0 Å². The molecule has 0 radical (unpaired) electrons. The van der Waals surface area contributed by atoms with Crippen molar-refractivity contribution >= 4 is 23.0 Å². The normalized spacial score (nSPS) is 10.5. The second-order valence-corrected chi connectivity index (χ2v) is 7.69. The van der Waals surface area contributed by atoms with Gasteiger partial charge in [-0.15, -0.1) is 0 Å². The zero-order valence-corrected chi connectivity index (χ0v) is 18.0. The van der Waals surface area contributed by atoms with Crippen molar-refractivity contribution in [1.82, 2.24) is 0 Å². The highest BCUT2D eigenvalue weighted by Gasteiger charge is 2.12. The molecular formula is C27H29NO2. The molecule has 3 aromatic carbocycles. The lowest BCUT2D eigenvalue weighted by molar-refractivity contribution is -0.139. The minimum atomic E-state index is -0.322. The molecule has 3 nitrogen and oxygen atoms in total. The summed E-state index contributed by atoms with van der Waals surface area (Å²) in [4.78, 5) is 13.7. The van der Waals surface area contributed by atoms with Crippen LogP contribution in [0.3, 0.4) is 0 Å². The highest BCUT2D eigenvalue weighted by molar-refractivity contribution is 5.86. The molecule has 0 aromatic heterocycles. The van der Waals surface area contributed by atoms with Crippen molar-refractivity contribution in [2.75, 3.05) is 11.5 Å². The Hall–Kier alpha value is -3.33. The Morgan fingerprint density at radius 2 is 1.23 bits per heavy atom. The molecule has 0 aliphatic carbocycles. The first-order chi connectivity index (χ1) is 14.4. The summed E-state index contributed by atoms with van der Waals surface area (Å²) in [7, 11) is 0. The average molecular weight is 400 g/mol. The maximum atomic E-state index is 11.5. The van der Waals surface area contributed by atoms with E-state index in [9.17, 15) is 4.79 Å². The van der Waals surface area contributed by atoms with E-state index in [2.05, 4.69) is 98.1 Å². The molecular weight excluding hydrogens is 370 g/mol. The predicted molar refractivity (Wildman–Crippen MR) is 125 cm³/mol. The third kappa shape index (κ3) is 5.60. The van der Waals surface area contributed by atoms with Gasteiger partial charge in [0.1, 0.15) is 0 Å². The molecule has 0 aliphatic heterocycles. The third-order valence-corrected chi connectivity index (χ3v) is 4.97. The predicted octanol–water partition coefficient (Wildman–Crippen LogP) is 6.83. The molecule has 0 bridgehead atoms. The second-order valence-electron chi connectivity index (χ2n) is 7.69. The minimum Gasteiger partial charge on any atom is -0.462 e. The average Bonchev–Trinajstić information content (AvgIpc) is 2.75. The van der Waals surface area contributed by atoms with E-state index in [-0.39, 0.29) is 5.97 Å². The molecule has 30 heavy (non-hydrogen) atoms. The summed E-state index contributed by atoms with van der Waals surface area (Å²) in [6, 6.07) is 25.7. The van der Waals surface area contributed by atoms with Gasteiger partial charge in [-0.1, -0.05) is 54.1 Å². The van der Waals surface area contributed by atoms with Gasteiger partial charge in [0.15, 0.2) is 0 Å². The Labute approximate surface area is 179 Å². The van der Waals surface area contributed by atoms with Gasteiger partial charge in [-0.2, -0.15) is 0 Å². The zero-order valence-electron chi connectivity index (χ0n) is 18.0. The van der Waals surface area contributed by atoms with Crippen LogP contribution in [0.4, 0.5) is 17.1 Å². The van der Waals surface area contributed by atoms with Crippen molar-refractivity contribution in [1.29, 1.82) is 0 Å². The lowest BCUT2D eigenvalue weighted by atomic mass is 10.1. The van der Waals surface area contributed by atoms with Crippen molar-refractivity contribution in [3.05, 3.63) is 102 Å². The Balaban J connectivity index is 1.75. The fourth-order valence-electron chi connectivity index (χ4n) is 3.21. The van der Waals surface area contributed by atoms with Gasteiger partial charge in [-0.25, -0.2) is 4.79 Å². The van der Waals surface area contributed by atoms with Crippen LogP contribution in [0.15, 0.2) is 84.9 Å². The number of carbonyl (C=O) groups excluding carboxylic acids is 1. The van der Waals surface area contributed by atoms with Crippen molar-refractivity contribution < 1.29 is 9.53 Å². The van der Waals surface area contributed by atoms with Crippen LogP contribution in [0.2, 0.25) is 0 Å². The van der Waals surface area contributed by atoms with Gasteiger partial charge in [-0.3, -0.25) is 0 Å². The Kier molecular flexibility index (Phi) is 7.08. The standard InChI is InChI=1S/C27H29NO2/c1-20(2)27(29)30-19-5-6-23-11-17-26(18-12-23)28(24-13-7-21(3)8-14-24)25-15-9-22(4)10-16-25/h7-18H,1,5-6,19H2,2-4H3. The number of anilines is 3. The molecule has 0 atom stereocenters. The smallest absolute Gasteiger partial charge is 0.333 e. The van der Waals surface area contributed by atoms with E-state index in [1.807, 2.05) is 0 Å². The van der Waals surface area contributed by atoms with Crippen LogP contribution in [0.5, 0.6) is 0 Å². The Morgan fingerprint density at radius 1 is 0.800 bits per heavy atom. The SMILES string of the molecule is C=C(C)C(=O)OCCCc1ccc(N(c2ccc(C)cc2)c2ccc(C)cc2)cc1. The van der Waals surface area contributed by atoms with Crippen LogP contribution < -0.4 is 4.90 Å². The molecule has 0 spiro atoms. The third-order valence-electron chi connectivity index (χ3n) is 4.97. The van der Waals surface area contributed by atoms with Crippen LogP contribution in [0, 0.1) is 13.8 Å². The van der Waals surface area contributed by atoms with Crippen molar-refractivity contribution in [3.8, 4) is 0 Å². The number of hydrogen-bond donors (Lipinski definition) is 0. The van der Waals surface area contributed by atoms with Crippen LogP contribution in [0.25, 0.3) is 0 Å². The molecule has 0 N–H and O–H groups in total. The molecule has 154 valence electrons. The van der Waals surface area contributed by atoms with Crippen LogP contribution in [-0.4, -0.2) is 12.6 Å². The highest BCUT2D eigenvalue weighted by Crippen LogP contribution is 2.34. The van der Waals surface area contributed by atoms with E-state index in [0.29, 0.717) is 12.2 Å². The number of esters is 1. The molecule has 0 fully saturated rings. The van der Waals surface area contributed by atoms with Crippen molar-refractivity contribution in [2.45, 2.75) is 33.6 Å². The highest BCUT2D eigenvalue weighted by atomic mass is 16.5. The van der Waals surface area contributed by atoms with E-state index in [0.717, 1.165) is 29.9 Å². The number of aryl methyl sites for hydroxylation is 3. The number of hydrogen-bond acceptors (Lipinski definition) is 3. The number of carbonyl (C=O) groups is 1. The fourth-order valence-corrected chi connectivity index (χ4v) is 3.21. The number of benzene rings is 3. The molecule has 3 rings (SSSR count). The molecule has 0 saturated carbocycles. The molecule has 0 unspecified atom stereocenters. The van der Waals surface area contributed by atoms with Gasteiger partial charge in [0.05, 0.1) is 6.61 Å². The summed E-state index contributed by atoms with van der Waals surface area (Å²) < 4.78 is 5.18. The van der Waals surface area contributed by atoms with Gasteiger partial charge in [0.25, 0.3) is 0 Å². The van der Waals surface area contributed by atoms with Gasteiger partial charge in [0, 0.05) is 22.6 Å². The fraction of sp³-hybridized carbons (Fsp3) is 0.222. The van der Waals surface area contributed by atoms with Crippen LogP contribution >= 0.6 is 0 Å². The first-order valence-electron chi connectivity index (χ1n) is 10.3. The summed E-state index contributed by atoms with van der Waals surface area (Å²) in [6.45, 7) is 9.87. The van der Waals surface area contributed by atoms with Crippen LogP contribution in [-0.2, 0) is 16.0 Å². The topological polar surface area (TPSA) is 29.5 Å². The summed E-state index contributed by atoms with van der Waals surface area (Å²) in [5, 5.41) is 0. The molecule has 0 saturated heterocycles. The summed E-state index contributed by atoms with van der Waals surface area (Å²) >= 11 is 0. The quantitative estimate of drug-likeness (QED) is 0.236. The molecule has 3 aromatic rings. The maximum Gasteiger partial charge on any atom is 0.333 e. The molecule has 3 heteroatoms. The first kappa shape index (κ1) is 21.4. The van der Waals surface area contributed by atoms with Gasteiger partial charge < -0.3 is 9.64 Å². The van der Waals surface area contributed by atoms with Crippen molar-refractivity contribution in [2.24, 2.45) is 0 Å². The van der Waals surface area contributed by atoms with Crippen molar-refractivity contribution in [3.63, 3.8) is 0 Å². The zero-order chi connectivity index (χ0) is 21.5. The van der Waals surface area contributed by atoms with E-state index < -0.39 is 0 Å². The molecule has 0 aliphatic rings. The second kappa shape index (κ2) is 9.93. The van der Waals surface area contributed by atoms with Gasteiger partial charge in [-0.05, 0) is 75.6 Å². The number of rotatable bonds is 8. The van der Waals surface area contributed by atoms with E-state index in [1.165, 1.54) is 16.7 Å². The maximum absolute atomic E-state index is 11.5. The Morgan fingerprint density at radius 3 is 1.67 bits per heavy atom. The molecule has 0 amide bonds. The lowest BCUT2D eigenvalue weighted by Gasteiger charge is -2.26. The van der Waals surface area contributed by atoms with Gasteiger partial charge >= 0.3 is 5.97 Å². The minimum absolute atomic E-state index is 0.322. The molecule has 0 heterocycles. The number of ether oxygens (including phenoxy) is 1. The summed E-state index contributed by atoms with van der Waals surface area (Å²) in [5.74, 6) is -0.322. The first-order valence-corrected chi connectivity index (χ1v) is 10.3. The number of nitrogens with zero attached hydrogens (tertiary/aromatic N) is 1. The van der Waals surface area contributed by atoms with Gasteiger partial charge in [0.2, 0.25) is 0 Å². The summed E-state index contributed by atoms with van der Waals surface area (Å²) in [6.07, 6.45) is 1.65. The summed E-state index contributed by atoms with van der Waals surface area (Å²) in [5.41, 5.74) is 7.51. The van der Waals surface area contributed by atoms with E-state index in [1.54, 1.807) is 6.92 Å². The monoisotopic (exact) mass is 399 g/mol. The Bertz CT molecular complexity index is 941.